The van der Waals surface area contributed by atoms with E-state index in [-0.39, 0.29) is 24.7 Å². The third-order valence-electron chi connectivity index (χ3n) is 4.51. The summed E-state index contributed by atoms with van der Waals surface area (Å²) in [6.07, 6.45) is 2.34. The Morgan fingerprint density at radius 2 is 2.04 bits per heavy atom. The average Bonchev–Trinajstić information content (AvgIpc) is 2.50. The Labute approximate surface area is 146 Å². The molecule has 1 fully saturated rings. The second-order valence-corrected chi connectivity index (χ2v) is 13.5. The van der Waals surface area contributed by atoms with Gasteiger partial charge < -0.3 is 25.4 Å². The van der Waals surface area contributed by atoms with Gasteiger partial charge in [-0.2, -0.15) is 0 Å². The first-order valence-electron chi connectivity index (χ1n) is 8.70. The van der Waals surface area contributed by atoms with Crippen molar-refractivity contribution in [3.8, 4) is 0 Å². The van der Waals surface area contributed by atoms with Crippen LogP contribution in [0.3, 0.4) is 0 Å². The van der Waals surface area contributed by atoms with Crippen LogP contribution in [0.2, 0.25) is 25.7 Å². The molecule has 2 atom stereocenters. The molecule has 1 aliphatic rings. The van der Waals surface area contributed by atoms with E-state index in [4.69, 9.17) is 10.5 Å². The molecule has 24 heavy (non-hydrogen) atoms. The third-order valence-corrected chi connectivity index (χ3v) is 6.21. The van der Waals surface area contributed by atoms with E-state index in [2.05, 4.69) is 19.6 Å². The van der Waals surface area contributed by atoms with Gasteiger partial charge in [-0.15, -0.1) is 0 Å². The summed E-state index contributed by atoms with van der Waals surface area (Å²) in [5.74, 6) is -0.215. The number of carbonyl (C=O) groups is 2. The van der Waals surface area contributed by atoms with Crippen molar-refractivity contribution in [2.45, 2.75) is 51.0 Å². The van der Waals surface area contributed by atoms with Crippen LogP contribution in [0.4, 0.5) is 9.59 Å². The summed E-state index contributed by atoms with van der Waals surface area (Å²) in [6.45, 7) is 7.98. The second-order valence-electron chi connectivity index (χ2n) is 7.84. The van der Waals surface area contributed by atoms with Gasteiger partial charge in [0.1, 0.15) is 0 Å². The second kappa shape index (κ2) is 9.27. The first-order chi connectivity index (χ1) is 11.2. The van der Waals surface area contributed by atoms with E-state index in [9.17, 15) is 14.7 Å². The number of likely N-dealkylation sites (tertiary alicyclic amines) is 1. The Balaban J connectivity index is 2.56. The number of carbonyl (C=O) groups excluding carboxylic acids is 2. The molecule has 0 aromatic carbocycles. The van der Waals surface area contributed by atoms with E-state index in [0.717, 1.165) is 25.3 Å². The lowest BCUT2D eigenvalue weighted by molar-refractivity contribution is 0.0632. The minimum absolute atomic E-state index is 0.0963. The van der Waals surface area contributed by atoms with Crippen molar-refractivity contribution in [3.05, 3.63) is 0 Å². The molecule has 1 aliphatic heterocycles. The van der Waals surface area contributed by atoms with Gasteiger partial charge in [-0.1, -0.05) is 19.6 Å². The number of urea groups is 1. The normalized spacial score (nSPS) is 19.7. The number of primary amides is 1. The Kier molecular flexibility index (Phi) is 8.01. The van der Waals surface area contributed by atoms with Crippen molar-refractivity contribution in [3.63, 3.8) is 0 Å². The number of nitrogens with zero attached hydrogens (tertiary/aromatic N) is 2. The van der Waals surface area contributed by atoms with Crippen LogP contribution in [0.5, 0.6) is 0 Å². The first kappa shape index (κ1) is 20.8. The summed E-state index contributed by atoms with van der Waals surface area (Å²) >= 11 is 0. The summed E-state index contributed by atoms with van der Waals surface area (Å²) in [7, 11) is 0.424. The Morgan fingerprint density at radius 3 is 2.58 bits per heavy atom. The van der Waals surface area contributed by atoms with Crippen molar-refractivity contribution in [1.82, 2.24) is 9.80 Å². The number of aliphatic hydroxyl groups excluding tert-OH is 1. The summed E-state index contributed by atoms with van der Waals surface area (Å²) in [4.78, 5) is 26.8. The number of hydrogen-bond donors (Lipinski definition) is 2. The van der Waals surface area contributed by atoms with Crippen molar-refractivity contribution in [2.75, 3.05) is 33.4 Å². The number of hydrogen-bond acceptors (Lipinski definition) is 4. The SMILES string of the molecule is CN(C[C@@H](CO)C1CCCCN1C(N)=O)C(=O)OCC[Si](C)(C)C. The summed E-state index contributed by atoms with van der Waals surface area (Å²) in [6, 6.07) is 0.339. The molecule has 140 valence electrons. The molecule has 0 aromatic heterocycles. The molecular formula is C16H33N3O4Si. The molecule has 0 saturated carbocycles. The highest BCUT2D eigenvalue weighted by molar-refractivity contribution is 6.76. The van der Waals surface area contributed by atoms with Crippen LogP contribution in [-0.2, 0) is 4.74 Å². The molecule has 3 amide bonds. The Hall–Kier alpha value is -1.28. The lowest BCUT2D eigenvalue weighted by atomic mass is 9.90. The highest BCUT2D eigenvalue weighted by Gasteiger charge is 2.33. The van der Waals surface area contributed by atoms with E-state index in [1.807, 2.05) is 0 Å². The van der Waals surface area contributed by atoms with Gasteiger partial charge in [-0.25, -0.2) is 9.59 Å². The maximum absolute atomic E-state index is 12.1. The quantitative estimate of drug-likeness (QED) is 0.679. The largest absolute Gasteiger partial charge is 0.450 e. The topological polar surface area (TPSA) is 96.1 Å². The molecule has 0 spiro atoms. The smallest absolute Gasteiger partial charge is 0.409 e. The average molecular weight is 360 g/mol. The fraction of sp³-hybridized carbons (Fsp3) is 0.875. The van der Waals surface area contributed by atoms with Crippen LogP contribution in [0.1, 0.15) is 19.3 Å². The van der Waals surface area contributed by atoms with E-state index in [0.29, 0.717) is 19.7 Å². The number of aliphatic hydroxyl groups is 1. The van der Waals surface area contributed by atoms with Crippen LogP contribution in [-0.4, -0.2) is 74.5 Å². The molecule has 1 unspecified atom stereocenters. The summed E-state index contributed by atoms with van der Waals surface area (Å²) in [5.41, 5.74) is 5.45. The molecule has 1 heterocycles. The number of amides is 3. The summed E-state index contributed by atoms with van der Waals surface area (Å²) < 4.78 is 5.32. The number of rotatable bonds is 7. The number of ether oxygens (including phenoxy) is 1. The van der Waals surface area contributed by atoms with Gasteiger partial charge in [0.15, 0.2) is 0 Å². The predicted octanol–water partition coefficient (Wildman–Crippen LogP) is 1.93. The van der Waals surface area contributed by atoms with Crippen molar-refractivity contribution >= 4 is 20.2 Å². The highest BCUT2D eigenvalue weighted by atomic mass is 28.3. The Bertz CT molecular complexity index is 428. The van der Waals surface area contributed by atoms with Gasteiger partial charge in [0.05, 0.1) is 6.61 Å². The zero-order chi connectivity index (χ0) is 18.3. The Morgan fingerprint density at radius 1 is 1.38 bits per heavy atom. The molecule has 0 radical (unpaired) electrons. The molecule has 0 aliphatic carbocycles. The highest BCUT2D eigenvalue weighted by Crippen LogP contribution is 2.24. The molecular weight excluding hydrogens is 326 g/mol. The van der Waals surface area contributed by atoms with Crippen LogP contribution in [0, 0.1) is 5.92 Å². The number of nitrogens with two attached hydrogens (primary N) is 1. The molecule has 0 bridgehead atoms. The lowest BCUT2D eigenvalue weighted by Gasteiger charge is -2.39. The minimum Gasteiger partial charge on any atom is -0.450 e. The molecule has 8 heteroatoms. The predicted molar refractivity (Wildman–Crippen MR) is 96.6 cm³/mol. The van der Waals surface area contributed by atoms with E-state index in [1.54, 1.807) is 11.9 Å². The van der Waals surface area contributed by atoms with Crippen molar-refractivity contribution in [1.29, 1.82) is 0 Å². The molecule has 0 aromatic rings. The lowest BCUT2D eigenvalue weighted by Crippen LogP contribution is -2.53. The van der Waals surface area contributed by atoms with Crippen LogP contribution < -0.4 is 5.73 Å². The fourth-order valence-corrected chi connectivity index (χ4v) is 3.72. The maximum Gasteiger partial charge on any atom is 0.409 e. The van der Waals surface area contributed by atoms with Crippen molar-refractivity contribution < 1.29 is 19.4 Å². The standard InChI is InChI=1S/C16H33N3O4Si/c1-18(16(22)23-9-10-24(2,3)4)11-13(12-20)14-7-5-6-8-19(14)15(17)21/h13-14,20H,5-12H2,1-4H3,(H2,17,21)/t13-,14?/m0/s1. The monoisotopic (exact) mass is 359 g/mol. The van der Waals surface area contributed by atoms with Gasteiger partial charge in [-0.3, -0.25) is 0 Å². The van der Waals surface area contributed by atoms with Gasteiger partial charge in [0.2, 0.25) is 0 Å². The van der Waals surface area contributed by atoms with E-state index < -0.39 is 14.1 Å². The fourth-order valence-electron chi connectivity index (χ4n) is 3.00. The molecule has 1 rings (SSSR count). The summed E-state index contributed by atoms with van der Waals surface area (Å²) in [5, 5.41) is 9.74. The first-order valence-corrected chi connectivity index (χ1v) is 12.4. The molecule has 7 nitrogen and oxygen atoms in total. The van der Waals surface area contributed by atoms with Crippen LogP contribution in [0.15, 0.2) is 0 Å². The molecule has 3 N–H and O–H groups in total. The van der Waals surface area contributed by atoms with Crippen LogP contribution >= 0.6 is 0 Å². The molecule has 1 saturated heterocycles. The van der Waals surface area contributed by atoms with Crippen molar-refractivity contribution in [2.24, 2.45) is 11.7 Å². The van der Waals surface area contributed by atoms with Gasteiger partial charge in [0.25, 0.3) is 0 Å². The number of piperidine rings is 1. The van der Waals surface area contributed by atoms with Gasteiger partial charge in [-0.05, 0) is 25.3 Å². The zero-order valence-electron chi connectivity index (χ0n) is 15.5. The minimum atomic E-state index is -1.24. The van der Waals surface area contributed by atoms with Gasteiger partial charge in [0, 0.05) is 46.8 Å². The van der Waals surface area contributed by atoms with E-state index >= 15 is 0 Å². The zero-order valence-corrected chi connectivity index (χ0v) is 16.5. The van der Waals surface area contributed by atoms with Gasteiger partial charge >= 0.3 is 12.1 Å². The van der Waals surface area contributed by atoms with E-state index in [1.165, 1.54) is 4.90 Å². The third kappa shape index (κ3) is 6.68. The maximum atomic E-state index is 12.1. The van der Waals surface area contributed by atoms with Crippen LogP contribution in [0.25, 0.3) is 0 Å².